The predicted molar refractivity (Wildman–Crippen MR) is 42.6 cm³/mol. The summed E-state index contributed by atoms with van der Waals surface area (Å²) < 4.78 is 12.9. The summed E-state index contributed by atoms with van der Waals surface area (Å²) in [5, 5.41) is 17.4. The van der Waals surface area contributed by atoms with E-state index >= 15 is 0 Å². The van der Waals surface area contributed by atoms with Gasteiger partial charge in [-0.2, -0.15) is 0 Å². The van der Waals surface area contributed by atoms with Crippen LogP contribution in [0.2, 0.25) is 0 Å². The van der Waals surface area contributed by atoms with Crippen LogP contribution in [0, 0.1) is 5.82 Å². The molecule has 0 heterocycles. The van der Waals surface area contributed by atoms with E-state index in [0.717, 1.165) is 18.2 Å². The van der Waals surface area contributed by atoms with Crippen LogP contribution in [0.3, 0.4) is 0 Å². The zero-order chi connectivity index (χ0) is 10.0. The van der Waals surface area contributed by atoms with Gasteiger partial charge in [0.25, 0.3) is 0 Å². The monoisotopic (exact) mass is 185 g/mol. The molecule has 0 aliphatic carbocycles. The van der Waals surface area contributed by atoms with Gasteiger partial charge >= 0.3 is 5.97 Å². The molecule has 1 aromatic carbocycles. The van der Waals surface area contributed by atoms with Gasteiger partial charge in [0.05, 0.1) is 0 Å². The summed E-state index contributed by atoms with van der Waals surface area (Å²) in [6.45, 7) is 0. The normalized spacial score (nSPS) is 12.5. The lowest BCUT2D eigenvalue weighted by atomic mass is 10.1. The third-order valence-corrected chi connectivity index (χ3v) is 1.58. The van der Waals surface area contributed by atoms with Gasteiger partial charge < -0.3 is 15.9 Å². The van der Waals surface area contributed by atoms with Gasteiger partial charge in [0.2, 0.25) is 0 Å². The Bertz CT molecular complexity index is 340. The SMILES string of the molecule is NC(C(=O)O)c1cc(O)ccc1F. The summed E-state index contributed by atoms with van der Waals surface area (Å²) in [5.41, 5.74) is 4.93. The third kappa shape index (κ3) is 1.94. The van der Waals surface area contributed by atoms with E-state index in [2.05, 4.69) is 0 Å². The van der Waals surface area contributed by atoms with Crippen LogP contribution in [-0.2, 0) is 4.79 Å². The lowest BCUT2D eigenvalue weighted by Gasteiger charge is -2.07. The van der Waals surface area contributed by atoms with Crippen LogP contribution < -0.4 is 5.73 Å². The van der Waals surface area contributed by atoms with Gasteiger partial charge in [-0.25, -0.2) is 4.39 Å². The lowest BCUT2D eigenvalue weighted by Crippen LogP contribution is -2.21. The number of aliphatic carboxylic acids is 1. The second kappa shape index (κ2) is 3.40. The minimum atomic E-state index is -1.45. The number of rotatable bonds is 2. The van der Waals surface area contributed by atoms with Crippen molar-refractivity contribution in [1.29, 1.82) is 0 Å². The molecule has 0 spiro atoms. The number of benzene rings is 1. The molecule has 0 saturated heterocycles. The van der Waals surface area contributed by atoms with Crippen molar-refractivity contribution in [2.75, 3.05) is 0 Å². The first-order chi connectivity index (χ1) is 6.02. The van der Waals surface area contributed by atoms with E-state index in [-0.39, 0.29) is 11.3 Å². The van der Waals surface area contributed by atoms with E-state index in [1.54, 1.807) is 0 Å². The molecule has 0 aromatic heterocycles. The molecule has 0 radical (unpaired) electrons. The highest BCUT2D eigenvalue weighted by Gasteiger charge is 2.18. The Hall–Kier alpha value is -1.62. The van der Waals surface area contributed by atoms with Crippen molar-refractivity contribution in [2.24, 2.45) is 5.73 Å². The Kier molecular flexibility index (Phi) is 2.48. The second-order valence-electron chi connectivity index (χ2n) is 2.52. The largest absolute Gasteiger partial charge is 0.508 e. The number of aromatic hydroxyl groups is 1. The van der Waals surface area contributed by atoms with Crippen molar-refractivity contribution in [3.63, 3.8) is 0 Å². The van der Waals surface area contributed by atoms with Crippen molar-refractivity contribution < 1.29 is 19.4 Å². The zero-order valence-electron chi connectivity index (χ0n) is 6.57. The standard InChI is InChI=1S/C8H8FNO3/c9-6-2-1-4(11)3-5(6)7(10)8(12)13/h1-3,7,11H,10H2,(H,12,13). The number of halogens is 1. The summed E-state index contributed by atoms with van der Waals surface area (Å²) >= 11 is 0. The summed E-state index contributed by atoms with van der Waals surface area (Å²) in [5.74, 6) is -2.30. The van der Waals surface area contributed by atoms with E-state index in [9.17, 15) is 9.18 Å². The number of carbonyl (C=O) groups is 1. The average molecular weight is 185 g/mol. The minimum absolute atomic E-state index is 0.215. The van der Waals surface area contributed by atoms with E-state index in [1.807, 2.05) is 0 Å². The maximum absolute atomic E-state index is 12.9. The van der Waals surface area contributed by atoms with Gasteiger partial charge in [0, 0.05) is 5.56 Å². The first-order valence-electron chi connectivity index (χ1n) is 3.49. The molecule has 0 aliphatic heterocycles. The smallest absolute Gasteiger partial charge is 0.325 e. The molecule has 1 rings (SSSR count). The quantitative estimate of drug-likeness (QED) is 0.630. The molecule has 70 valence electrons. The molecule has 0 amide bonds. The molecule has 4 nitrogen and oxygen atoms in total. The third-order valence-electron chi connectivity index (χ3n) is 1.58. The average Bonchev–Trinajstić information content (AvgIpc) is 2.08. The topological polar surface area (TPSA) is 83.6 Å². The van der Waals surface area contributed by atoms with Gasteiger partial charge in [-0.1, -0.05) is 0 Å². The Morgan fingerprint density at radius 1 is 1.54 bits per heavy atom. The molecule has 0 saturated carbocycles. The van der Waals surface area contributed by atoms with Gasteiger partial charge in [-0.15, -0.1) is 0 Å². The molecule has 1 atom stereocenters. The van der Waals surface area contributed by atoms with Crippen molar-refractivity contribution in [2.45, 2.75) is 6.04 Å². The Balaban J connectivity index is 3.12. The summed E-state index contributed by atoms with van der Waals surface area (Å²) in [4.78, 5) is 10.4. The molecule has 1 unspecified atom stereocenters. The summed E-state index contributed by atoms with van der Waals surface area (Å²) in [6.07, 6.45) is 0. The van der Waals surface area contributed by atoms with Crippen LogP contribution in [-0.4, -0.2) is 16.2 Å². The molecule has 4 N–H and O–H groups in total. The molecule has 0 aliphatic rings. The number of carboxylic acids is 1. The fourth-order valence-corrected chi connectivity index (χ4v) is 0.903. The maximum Gasteiger partial charge on any atom is 0.325 e. The molecular weight excluding hydrogens is 177 g/mol. The lowest BCUT2D eigenvalue weighted by molar-refractivity contribution is -0.138. The van der Waals surface area contributed by atoms with Crippen molar-refractivity contribution in [3.05, 3.63) is 29.6 Å². The highest BCUT2D eigenvalue weighted by molar-refractivity contribution is 5.75. The first-order valence-corrected chi connectivity index (χ1v) is 3.49. The predicted octanol–water partition coefficient (Wildman–Crippen LogP) is 0.616. The number of phenols is 1. The number of carboxylic acid groups (broad SMARTS) is 1. The van der Waals surface area contributed by atoms with Crippen molar-refractivity contribution in [1.82, 2.24) is 0 Å². The van der Waals surface area contributed by atoms with Gasteiger partial charge in [0.1, 0.15) is 17.6 Å². The minimum Gasteiger partial charge on any atom is -0.508 e. The number of hydrogen-bond donors (Lipinski definition) is 3. The number of hydrogen-bond acceptors (Lipinski definition) is 3. The first kappa shape index (κ1) is 9.47. The highest BCUT2D eigenvalue weighted by atomic mass is 19.1. The number of phenolic OH excluding ortho intramolecular Hbond substituents is 1. The molecule has 13 heavy (non-hydrogen) atoms. The van der Waals surface area contributed by atoms with E-state index in [4.69, 9.17) is 15.9 Å². The van der Waals surface area contributed by atoms with Crippen LogP contribution in [0.15, 0.2) is 18.2 Å². The zero-order valence-corrected chi connectivity index (χ0v) is 6.57. The maximum atomic E-state index is 12.9. The summed E-state index contributed by atoms with van der Waals surface area (Å²) in [7, 11) is 0. The Morgan fingerprint density at radius 2 is 2.15 bits per heavy atom. The molecule has 5 heteroatoms. The van der Waals surface area contributed by atoms with Crippen LogP contribution in [0.1, 0.15) is 11.6 Å². The Labute approximate surface area is 73.4 Å². The summed E-state index contributed by atoms with van der Waals surface area (Å²) in [6, 6.07) is 1.63. The Morgan fingerprint density at radius 3 is 2.69 bits per heavy atom. The van der Waals surface area contributed by atoms with Crippen molar-refractivity contribution in [3.8, 4) is 5.75 Å². The van der Waals surface area contributed by atoms with E-state index < -0.39 is 17.8 Å². The van der Waals surface area contributed by atoms with E-state index in [1.165, 1.54) is 0 Å². The van der Waals surface area contributed by atoms with Gasteiger partial charge in [0.15, 0.2) is 0 Å². The molecule has 1 aromatic rings. The fourth-order valence-electron chi connectivity index (χ4n) is 0.903. The fraction of sp³-hybridized carbons (Fsp3) is 0.125. The van der Waals surface area contributed by atoms with E-state index in [0.29, 0.717) is 0 Å². The number of nitrogens with two attached hydrogens (primary N) is 1. The van der Waals surface area contributed by atoms with Crippen LogP contribution in [0.4, 0.5) is 4.39 Å². The van der Waals surface area contributed by atoms with Crippen molar-refractivity contribution >= 4 is 5.97 Å². The van der Waals surface area contributed by atoms with Gasteiger partial charge in [-0.3, -0.25) is 4.79 Å². The van der Waals surface area contributed by atoms with Gasteiger partial charge in [-0.05, 0) is 18.2 Å². The van der Waals surface area contributed by atoms with Crippen LogP contribution >= 0.6 is 0 Å². The van der Waals surface area contributed by atoms with Crippen LogP contribution in [0.5, 0.6) is 5.75 Å². The molecule has 0 bridgehead atoms. The second-order valence-corrected chi connectivity index (χ2v) is 2.52. The highest BCUT2D eigenvalue weighted by Crippen LogP contribution is 2.20. The molecule has 0 fully saturated rings. The molecular formula is C8H8FNO3. The van der Waals surface area contributed by atoms with Crippen LogP contribution in [0.25, 0.3) is 0 Å².